The summed E-state index contributed by atoms with van der Waals surface area (Å²) in [6, 6.07) is 7.68. The summed E-state index contributed by atoms with van der Waals surface area (Å²) in [7, 11) is 0. The summed E-state index contributed by atoms with van der Waals surface area (Å²) in [4.78, 5) is 12.0. The average Bonchev–Trinajstić information content (AvgIpc) is 3.06. The molecule has 1 amide bonds. The molecule has 1 aromatic carbocycles. The van der Waals surface area contributed by atoms with Gasteiger partial charge in [0.05, 0.1) is 12.2 Å². The second kappa shape index (κ2) is 3.65. The third-order valence-corrected chi connectivity index (χ3v) is 3.35. The Labute approximate surface area is 100 Å². The van der Waals surface area contributed by atoms with Crippen LogP contribution in [0.25, 0.3) is 0 Å². The molecule has 4 nitrogen and oxygen atoms in total. The zero-order valence-corrected chi connectivity index (χ0v) is 9.82. The van der Waals surface area contributed by atoms with Crippen LogP contribution in [-0.2, 0) is 4.79 Å². The first-order valence-electron chi connectivity index (χ1n) is 5.98. The van der Waals surface area contributed by atoms with E-state index in [0.29, 0.717) is 6.54 Å². The lowest BCUT2D eigenvalue weighted by Gasteiger charge is -2.27. The molecule has 1 aliphatic heterocycles. The van der Waals surface area contributed by atoms with Gasteiger partial charge in [0.2, 0.25) is 0 Å². The molecule has 1 aliphatic carbocycles. The molecule has 0 spiro atoms. The predicted octanol–water partition coefficient (Wildman–Crippen LogP) is 1.53. The summed E-state index contributed by atoms with van der Waals surface area (Å²) < 4.78 is 5.69. The Balaban J connectivity index is 1.69. The van der Waals surface area contributed by atoms with Gasteiger partial charge in [0.15, 0.2) is 6.10 Å². The predicted molar refractivity (Wildman–Crippen MR) is 65.1 cm³/mol. The molecule has 1 fully saturated rings. The highest BCUT2D eigenvalue weighted by molar-refractivity contribution is 5.84. The van der Waals surface area contributed by atoms with Crippen molar-refractivity contribution in [2.45, 2.75) is 31.4 Å². The van der Waals surface area contributed by atoms with Crippen molar-refractivity contribution < 1.29 is 9.53 Å². The fourth-order valence-corrected chi connectivity index (χ4v) is 1.95. The van der Waals surface area contributed by atoms with Crippen molar-refractivity contribution in [2.75, 3.05) is 11.9 Å². The lowest BCUT2D eigenvalue weighted by Crippen LogP contribution is -2.48. The van der Waals surface area contributed by atoms with Gasteiger partial charge in [-0.3, -0.25) is 4.79 Å². The van der Waals surface area contributed by atoms with Crippen LogP contribution < -0.4 is 15.4 Å². The molecular weight excluding hydrogens is 216 g/mol. The van der Waals surface area contributed by atoms with Crippen molar-refractivity contribution >= 4 is 11.6 Å². The van der Waals surface area contributed by atoms with Gasteiger partial charge in [-0.2, -0.15) is 0 Å². The fraction of sp³-hybridized carbons (Fsp3) is 0.462. The number of fused-ring (bicyclic) bond motifs is 1. The van der Waals surface area contributed by atoms with Crippen LogP contribution in [0.3, 0.4) is 0 Å². The third-order valence-electron chi connectivity index (χ3n) is 3.35. The Hall–Kier alpha value is -1.71. The summed E-state index contributed by atoms with van der Waals surface area (Å²) in [6.45, 7) is 2.59. The number of benzene rings is 1. The van der Waals surface area contributed by atoms with Crippen LogP contribution in [0.4, 0.5) is 5.69 Å². The van der Waals surface area contributed by atoms with Crippen LogP contribution in [0.1, 0.15) is 19.8 Å². The first-order chi connectivity index (χ1) is 8.16. The van der Waals surface area contributed by atoms with Gasteiger partial charge in [-0.1, -0.05) is 12.1 Å². The minimum absolute atomic E-state index is 0.0113. The molecule has 3 rings (SSSR count). The van der Waals surface area contributed by atoms with E-state index in [1.165, 1.54) is 0 Å². The van der Waals surface area contributed by atoms with Crippen molar-refractivity contribution in [3.63, 3.8) is 0 Å². The van der Waals surface area contributed by atoms with E-state index in [9.17, 15) is 4.79 Å². The third kappa shape index (κ3) is 2.07. The number of nitrogens with one attached hydrogen (secondary N) is 2. The second-order valence-corrected chi connectivity index (χ2v) is 5.03. The SMILES string of the molecule is CC1(NC(=O)C2CNc3ccccc3O2)CC1. The molecule has 4 heteroatoms. The molecule has 2 aliphatic rings. The monoisotopic (exact) mass is 232 g/mol. The molecule has 0 bridgehead atoms. The molecule has 1 atom stereocenters. The molecule has 90 valence electrons. The van der Waals surface area contributed by atoms with Gasteiger partial charge in [-0.25, -0.2) is 0 Å². The van der Waals surface area contributed by atoms with Crippen LogP contribution in [-0.4, -0.2) is 24.1 Å². The number of rotatable bonds is 2. The lowest BCUT2D eigenvalue weighted by molar-refractivity contribution is -0.128. The molecule has 0 aromatic heterocycles. The van der Waals surface area contributed by atoms with Crippen molar-refractivity contribution in [3.8, 4) is 5.75 Å². The summed E-state index contributed by atoms with van der Waals surface area (Å²) in [5.41, 5.74) is 0.964. The molecular formula is C13H16N2O2. The Kier molecular flexibility index (Phi) is 2.24. The zero-order valence-electron chi connectivity index (χ0n) is 9.82. The maximum atomic E-state index is 12.0. The van der Waals surface area contributed by atoms with Crippen molar-refractivity contribution in [2.24, 2.45) is 0 Å². The highest BCUT2D eigenvalue weighted by Crippen LogP contribution is 2.35. The van der Waals surface area contributed by atoms with E-state index >= 15 is 0 Å². The van der Waals surface area contributed by atoms with E-state index in [-0.39, 0.29) is 11.4 Å². The molecule has 0 saturated heterocycles. The summed E-state index contributed by atoms with van der Waals surface area (Å²) >= 11 is 0. The number of carbonyl (C=O) groups excluding carboxylic acids is 1. The number of anilines is 1. The molecule has 1 unspecified atom stereocenters. The second-order valence-electron chi connectivity index (χ2n) is 5.03. The first kappa shape index (κ1) is 10.4. The van der Waals surface area contributed by atoms with Gasteiger partial charge in [0.1, 0.15) is 5.75 Å². The van der Waals surface area contributed by atoms with Crippen molar-refractivity contribution in [1.29, 1.82) is 0 Å². The van der Waals surface area contributed by atoms with Gasteiger partial charge in [-0.15, -0.1) is 0 Å². The summed E-state index contributed by atoms with van der Waals surface area (Å²) in [5, 5.41) is 6.24. The standard InChI is InChI=1S/C13H16N2O2/c1-13(6-7-13)15-12(16)11-8-14-9-4-2-3-5-10(9)17-11/h2-5,11,14H,6-8H2,1H3,(H,15,16). The fourth-order valence-electron chi connectivity index (χ4n) is 1.95. The van der Waals surface area contributed by atoms with Crippen molar-refractivity contribution in [3.05, 3.63) is 24.3 Å². The normalized spacial score (nSPS) is 23.9. The quantitative estimate of drug-likeness (QED) is 0.813. The zero-order chi connectivity index (χ0) is 11.9. The highest BCUT2D eigenvalue weighted by atomic mass is 16.5. The number of hydrogen-bond acceptors (Lipinski definition) is 3. The summed E-state index contributed by atoms with van der Waals surface area (Å²) in [6.07, 6.45) is 1.70. The van der Waals surface area contributed by atoms with Crippen LogP contribution in [0.5, 0.6) is 5.75 Å². The largest absolute Gasteiger partial charge is 0.477 e. The first-order valence-corrected chi connectivity index (χ1v) is 5.98. The van der Waals surface area contributed by atoms with Gasteiger partial charge in [0, 0.05) is 5.54 Å². The van der Waals surface area contributed by atoms with Crippen LogP contribution in [0.15, 0.2) is 24.3 Å². The lowest BCUT2D eigenvalue weighted by atomic mass is 10.2. The van der Waals surface area contributed by atoms with Gasteiger partial charge in [-0.05, 0) is 31.9 Å². The average molecular weight is 232 g/mol. The van der Waals surface area contributed by atoms with Gasteiger partial charge < -0.3 is 15.4 Å². The molecule has 1 heterocycles. The Morgan fingerprint density at radius 1 is 1.47 bits per heavy atom. The maximum Gasteiger partial charge on any atom is 0.263 e. The van der Waals surface area contributed by atoms with Crippen LogP contribution in [0, 0.1) is 0 Å². The van der Waals surface area contributed by atoms with E-state index in [1.54, 1.807) is 0 Å². The Morgan fingerprint density at radius 2 is 2.24 bits per heavy atom. The molecule has 1 saturated carbocycles. The molecule has 17 heavy (non-hydrogen) atoms. The van der Waals surface area contributed by atoms with E-state index in [1.807, 2.05) is 24.3 Å². The van der Waals surface area contributed by atoms with E-state index in [2.05, 4.69) is 17.6 Å². The number of hydrogen-bond donors (Lipinski definition) is 2. The van der Waals surface area contributed by atoms with E-state index in [0.717, 1.165) is 24.3 Å². The number of amides is 1. The minimum atomic E-state index is -0.428. The molecule has 2 N–H and O–H groups in total. The minimum Gasteiger partial charge on any atom is -0.477 e. The maximum absolute atomic E-state index is 12.0. The van der Waals surface area contributed by atoms with E-state index < -0.39 is 6.10 Å². The Morgan fingerprint density at radius 3 is 3.00 bits per heavy atom. The Bertz CT molecular complexity index is 454. The topological polar surface area (TPSA) is 50.4 Å². The van der Waals surface area contributed by atoms with Crippen LogP contribution in [0.2, 0.25) is 0 Å². The van der Waals surface area contributed by atoms with Crippen molar-refractivity contribution in [1.82, 2.24) is 5.32 Å². The highest BCUT2D eigenvalue weighted by Gasteiger charge is 2.40. The molecule has 0 radical (unpaired) electrons. The van der Waals surface area contributed by atoms with E-state index in [4.69, 9.17) is 4.74 Å². The smallest absolute Gasteiger partial charge is 0.263 e. The summed E-state index contributed by atoms with van der Waals surface area (Å²) in [5.74, 6) is 0.729. The number of para-hydroxylation sites is 2. The number of carbonyl (C=O) groups is 1. The molecule has 1 aromatic rings. The van der Waals surface area contributed by atoms with Gasteiger partial charge in [0.25, 0.3) is 5.91 Å². The number of ether oxygens (including phenoxy) is 1. The van der Waals surface area contributed by atoms with Crippen LogP contribution >= 0.6 is 0 Å². The van der Waals surface area contributed by atoms with Gasteiger partial charge >= 0.3 is 0 Å².